The van der Waals surface area contributed by atoms with Gasteiger partial charge >= 0.3 is 0 Å². The van der Waals surface area contributed by atoms with Crippen molar-refractivity contribution in [3.8, 4) is 5.75 Å². The van der Waals surface area contributed by atoms with Crippen LogP contribution in [0.3, 0.4) is 0 Å². The molecule has 0 aliphatic rings. The maximum Gasteiger partial charge on any atom is 0.122 e. The summed E-state index contributed by atoms with van der Waals surface area (Å²) in [5.74, 6) is 1.05. The summed E-state index contributed by atoms with van der Waals surface area (Å²) in [6.07, 6.45) is 6.04. The van der Waals surface area contributed by atoms with Crippen molar-refractivity contribution in [3.63, 3.8) is 0 Å². The Morgan fingerprint density at radius 3 is 2.38 bits per heavy atom. The minimum Gasteiger partial charge on any atom is -0.490 e. The third-order valence-electron chi connectivity index (χ3n) is 3.72. The quantitative estimate of drug-likeness (QED) is 0.587. The first-order valence-electron chi connectivity index (χ1n) is 8.08. The molecule has 21 heavy (non-hydrogen) atoms. The van der Waals surface area contributed by atoms with Crippen LogP contribution in [0.2, 0.25) is 0 Å². The van der Waals surface area contributed by atoms with Crippen molar-refractivity contribution in [3.05, 3.63) is 65.7 Å². The van der Waals surface area contributed by atoms with Crippen LogP contribution in [0.15, 0.2) is 54.6 Å². The lowest BCUT2D eigenvalue weighted by molar-refractivity contribution is 0.220. The number of ether oxygens (including phenoxy) is 1. The van der Waals surface area contributed by atoms with Gasteiger partial charge in [-0.1, -0.05) is 68.3 Å². The Labute approximate surface area is 129 Å². The Hall–Kier alpha value is -1.76. The molecule has 0 saturated carbocycles. The molecule has 2 aromatic rings. The number of aryl methyl sites for hydroxylation is 1. The molecular formula is C20H26O. The molecule has 0 bridgehead atoms. The highest BCUT2D eigenvalue weighted by molar-refractivity contribution is 5.33. The first kappa shape index (κ1) is 15.6. The van der Waals surface area contributed by atoms with Gasteiger partial charge in [-0.3, -0.25) is 0 Å². The van der Waals surface area contributed by atoms with Crippen molar-refractivity contribution < 1.29 is 4.74 Å². The second-order valence-corrected chi connectivity index (χ2v) is 5.68. The molecule has 2 aromatic carbocycles. The topological polar surface area (TPSA) is 9.23 Å². The molecule has 0 aliphatic heterocycles. The van der Waals surface area contributed by atoms with Gasteiger partial charge in [0.2, 0.25) is 0 Å². The second-order valence-electron chi connectivity index (χ2n) is 5.68. The minimum absolute atomic E-state index is 0.194. The van der Waals surface area contributed by atoms with E-state index < -0.39 is 0 Å². The van der Waals surface area contributed by atoms with Crippen molar-refractivity contribution in [2.75, 3.05) is 0 Å². The van der Waals surface area contributed by atoms with Gasteiger partial charge in [0.25, 0.3) is 0 Å². The second kappa shape index (κ2) is 8.51. The molecule has 0 spiro atoms. The zero-order valence-corrected chi connectivity index (χ0v) is 13.2. The van der Waals surface area contributed by atoms with Crippen LogP contribution in [0.4, 0.5) is 0 Å². The zero-order valence-electron chi connectivity index (χ0n) is 13.2. The molecule has 1 atom stereocenters. The van der Waals surface area contributed by atoms with Crippen LogP contribution < -0.4 is 4.74 Å². The Morgan fingerprint density at radius 2 is 1.62 bits per heavy atom. The zero-order chi connectivity index (χ0) is 14.9. The molecule has 0 fully saturated rings. The molecule has 0 radical (unpaired) electrons. The van der Waals surface area contributed by atoms with E-state index in [1.807, 2.05) is 0 Å². The third kappa shape index (κ3) is 5.26. The molecular weight excluding hydrogens is 256 g/mol. The highest BCUT2D eigenvalue weighted by Gasteiger charge is 2.08. The predicted molar refractivity (Wildman–Crippen MR) is 89.9 cm³/mol. The van der Waals surface area contributed by atoms with E-state index in [4.69, 9.17) is 4.74 Å². The van der Waals surface area contributed by atoms with Gasteiger partial charge in [-0.15, -0.1) is 0 Å². The summed E-state index contributed by atoms with van der Waals surface area (Å²) in [6.45, 7) is 4.39. The number of benzene rings is 2. The smallest absolute Gasteiger partial charge is 0.122 e. The van der Waals surface area contributed by atoms with Crippen molar-refractivity contribution in [1.82, 2.24) is 0 Å². The summed E-state index contributed by atoms with van der Waals surface area (Å²) in [4.78, 5) is 0. The first-order chi connectivity index (χ1) is 10.3. The van der Waals surface area contributed by atoms with Crippen molar-refractivity contribution in [2.45, 2.75) is 52.1 Å². The lowest BCUT2D eigenvalue weighted by Gasteiger charge is -2.17. The maximum absolute atomic E-state index is 6.18. The lowest BCUT2D eigenvalue weighted by atomic mass is 10.1. The monoisotopic (exact) mass is 282 g/mol. The first-order valence-corrected chi connectivity index (χ1v) is 8.08. The van der Waals surface area contributed by atoms with Crippen molar-refractivity contribution >= 4 is 0 Å². The molecule has 2 rings (SSSR count). The van der Waals surface area contributed by atoms with E-state index in [2.05, 4.69) is 68.4 Å². The molecule has 0 saturated heterocycles. The van der Waals surface area contributed by atoms with Crippen molar-refractivity contribution in [1.29, 1.82) is 0 Å². The average Bonchev–Trinajstić information content (AvgIpc) is 2.50. The van der Waals surface area contributed by atoms with Gasteiger partial charge in [0.05, 0.1) is 6.10 Å². The summed E-state index contributed by atoms with van der Waals surface area (Å²) in [5, 5.41) is 0. The van der Waals surface area contributed by atoms with Crippen LogP contribution in [-0.4, -0.2) is 6.10 Å². The average molecular weight is 282 g/mol. The van der Waals surface area contributed by atoms with Crippen LogP contribution in [0.25, 0.3) is 0 Å². The van der Waals surface area contributed by atoms with E-state index in [0.717, 1.165) is 18.6 Å². The van der Waals surface area contributed by atoms with Gasteiger partial charge in [0, 0.05) is 6.42 Å². The number of hydrogen-bond acceptors (Lipinski definition) is 1. The Kier molecular flexibility index (Phi) is 6.33. The summed E-state index contributed by atoms with van der Waals surface area (Å²) < 4.78 is 6.18. The minimum atomic E-state index is 0.194. The number of hydrogen-bond donors (Lipinski definition) is 0. The van der Waals surface area contributed by atoms with Gasteiger partial charge in [0.1, 0.15) is 5.75 Å². The fraction of sp³-hybridized carbons (Fsp3) is 0.400. The Balaban J connectivity index is 1.95. The van der Waals surface area contributed by atoms with Gasteiger partial charge in [-0.2, -0.15) is 0 Å². The summed E-state index contributed by atoms with van der Waals surface area (Å²) in [6, 6.07) is 19.0. The summed E-state index contributed by atoms with van der Waals surface area (Å²) in [7, 11) is 0. The van der Waals surface area contributed by atoms with E-state index in [1.165, 1.54) is 30.4 Å². The molecule has 1 heteroatoms. The largest absolute Gasteiger partial charge is 0.490 e. The number of para-hydroxylation sites is 1. The predicted octanol–water partition coefficient (Wildman–Crippen LogP) is 5.43. The standard InChI is InChI=1S/C20H26O/c1-3-4-6-13-19-14-9-10-15-20(19)21-17(2)16-18-11-7-5-8-12-18/h5,7-12,14-15,17H,3-4,6,13,16H2,1-2H3. The van der Waals surface area contributed by atoms with E-state index in [0.29, 0.717) is 0 Å². The molecule has 1 unspecified atom stereocenters. The van der Waals surface area contributed by atoms with E-state index in [9.17, 15) is 0 Å². The van der Waals surface area contributed by atoms with Gasteiger partial charge in [0.15, 0.2) is 0 Å². The van der Waals surface area contributed by atoms with Crippen LogP contribution >= 0.6 is 0 Å². The van der Waals surface area contributed by atoms with Crippen LogP contribution in [0.1, 0.15) is 44.2 Å². The highest BCUT2D eigenvalue weighted by Crippen LogP contribution is 2.22. The summed E-state index contributed by atoms with van der Waals surface area (Å²) >= 11 is 0. The molecule has 112 valence electrons. The number of rotatable bonds is 8. The highest BCUT2D eigenvalue weighted by atomic mass is 16.5. The summed E-state index contributed by atoms with van der Waals surface area (Å²) in [5.41, 5.74) is 2.67. The van der Waals surface area contributed by atoms with E-state index in [-0.39, 0.29) is 6.10 Å². The molecule has 0 aliphatic carbocycles. The molecule has 0 heterocycles. The molecule has 0 aromatic heterocycles. The van der Waals surface area contributed by atoms with Crippen molar-refractivity contribution in [2.24, 2.45) is 0 Å². The maximum atomic E-state index is 6.18. The normalized spacial score (nSPS) is 12.1. The van der Waals surface area contributed by atoms with Crippen LogP contribution in [0, 0.1) is 0 Å². The Morgan fingerprint density at radius 1 is 0.905 bits per heavy atom. The fourth-order valence-corrected chi connectivity index (χ4v) is 2.60. The van der Waals surface area contributed by atoms with Gasteiger partial charge < -0.3 is 4.74 Å². The fourth-order valence-electron chi connectivity index (χ4n) is 2.60. The van der Waals surface area contributed by atoms with E-state index in [1.54, 1.807) is 0 Å². The molecule has 0 amide bonds. The van der Waals surface area contributed by atoms with Gasteiger partial charge in [-0.25, -0.2) is 0 Å². The van der Waals surface area contributed by atoms with Crippen LogP contribution in [0.5, 0.6) is 5.75 Å². The van der Waals surface area contributed by atoms with E-state index >= 15 is 0 Å². The Bertz CT molecular complexity index is 518. The van der Waals surface area contributed by atoms with Gasteiger partial charge in [-0.05, 0) is 37.0 Å². The SMILES string of the molecule is CCCCCc1ccccc1OC(C)Cc1ccccc1. The number of unbranched alkanes of at least 4 members (excludes halogenated alkanes) is 2. The molecule has 0 N–H and O–H groups in total. The van der Waals surface area contributed by atoms with Crippen LogP contribution in [-0.2, 0) is 12.8 Å². The molecule has 1 nitrogen and oxygen atoms in total. The lowest BCUT2D eigenvalue weighted by Crippen LogP contribution is -2.16. The third-order valence-corrected chi connectivity index (χ3v) is 3.72.